The van der Waals surface area contributed by atoms with Gasteiger partial charge in [0.1, 0.15) is 5.82 Å². The average Bonchev–Trinajstić information content (AvgIpc) is 3.40. The fourth-order valence-electron chi connectivity index (χ4n) is 4.30. The number of benzene rings is 1. The Bertz CT molecular complexity index is 1570. The Morgan fingerprint density at radius 1 is 0.944 bits per heavy atom. The predicted octanol–water partition coefficient (Wildman–Crippen LogP) is 4.95. The van der Waals surface area contributed by atoms with E-state index in [0.29, 0.717) is 39.3 Å². The fourth-order valence-corrected chi connectivity index (χ4v) is 4.47. The molecule has 0 unspecified atom stereocenters. The highest BCUT2D eigenvalue weighted by atomic mass is 35.5. The monoisotopic (exact) mass is 501 g/mol. The highest BCUT2D eigenvalue weighted by Crippen LogP contribution is 2.34. The molecule has 0 radical (unpaired) electrons. The molecule has 0 atom stereocenters. The van der Waals surface area contributed by atoms with E-state index < -0.39 is 5.82 Å². The van der Waals surface area contributed by atoms with Gasteiger partial charge in [0.25, 0.3) is 0 Å². The molecule has 5 aromatic rings. The lowest BCUT2D eigenvalue weighted by atomic mass is 9.99. The van der Waals surface area contributed by atoms with Gasteiger partial charge in [-0.1, -0.05) is 16.8 Å². The zero-order valence-electron chi connectivity index (χ0n) is 19.4. The van der Waals surface area contributed by atoms with Crippen LogP contribution in [-0.4, -0.2) is 63.2 Å². The van der Waals surface area contributed by atoms with Crippen molar-refractivity contribution in [3.05, 3.63) is 71.9 Å². The first-order valence-electron chi connectivity index (χ1n) is 11.5. The summed E-state index contributed by atoms with van der Waals surface area (Å²) < 4.78 is 20.2. The molecule has 0 saturated carbocycles. The average molecular weight is 502 g/mol. The molecule has 180 valence electrons. The molecule has 5 heterocycles. The molecule has 6 rings (SSSR count). The molecule has 36 heavy (non-hydrogen) atoms. The lowest BCUT2D eigenvalue weighted by Gasteiger charge is -2.30. The maximum absolute atomic E-state index is 14.7. The number of hydrogen-bond acceptors (Lipinski definition) is 8. The van der Waals surface area contributed by atoms with Crippen molar-refractivity contribution in [2.24, 2.45) is 0 Å². The summed E-state index contributed by atoms with van der Waals surface area (Å²) in [6, 6.07) is 12.4. The van der Waals surface area contributed by atoms with Crippen molar-refractivity contribution in [3.8, 4) is 33.8 Å². The third-order valence-corrected chi connectivity index (χ3v) is 6.52. The zero-order chi connectivity index (χ0) is 24.6. The maximum atomic E-state index is 14.7. The molecule has 1 saturated heterocycles. The van der Waals surface area contributed by atoms with E-state index in [1.165, 1.54) is 12.1 Å². The number of anilines is 1. The van der Waals surface area contributed by atoms with Crippen molar-refractivity contribution in [1.29, 1.82) is 0 Å². The minimum atomic E-state index is -0.414. The van der Waals surface area contributed by atoms with Crippen LogP contribution in [0.2, 0.25) is 5.02 Å². The van der Waals surface area contributed by atoms with Crippen molar-refractivity contribution in [2.45, 2.75) is 0 Å². The fraction of sp³-hybridized carbons (Fsp3) is 0.192. The third kappa shape index (κ3) is 4.27. The number of nitrogens with zero attached hydrogens (tertiary/aromatic N) is 7. The van der Waals surface area contributed by atoms with Gasteiger partial charge in [0.2, 0.25) is 5.82 Å². The summed E-state index contributed by atoms with van der Waals surface area (Å²) in [7, 11) is 2.10. The number of pyridine rings is 3. The van der Waals surface area contributed by atoms with E-state index in [2.05, 4.69) is 41.9 Å². The molecule has 1 fully saturated rings. The highest BCUT2D eigenvalue weighted by molar-refractivity contribution is 6.30. The van der Waals surface area contributed by atoms with Crippen LogP contribution in [0.4, 0.5) is 10.4 Å². The Balaban J connectivity index is 1.42. The van der Waals surface area contributed by atoms with Gasteiger partial charge in [-0.2, -0.15) is 4.98 Å². The molecule has 0 bridgehead atoms. The number of piperazine rings is 1. The van der Waals surface area contributed by atoms with Gasteiger partial charge < -0.3 is 14.3 Å². The van der Waals surface area contributed by atoms with Crippen LogP contribution < -0.4 is 4.90 Å². The van der Waals surface area contributed by atoms with Crippen LogP contribution in [0, 0.1) is 5.82 Å². The van der Waals surface area contributed by atoms with Crippen LogP contribution in [0.25, 0.3) is 44.8 Å². The van der Waals surface area contributed by atoms with E-state index in [-0.39, 0.29) is 0 Å². The summed E-state index contributed by atoms with van der Waals surface area (Å²) in [6.07, 6.45) is 5.09. The van der Waals surface area contributed by atoms with Crippen LogP contribution in [-0.2, 0) is 0 Å². The first-order valence-corrected chi connectivity index (χ1v) is 11.9. The third-order valence-electron chi connectivity index (χ3n) is 6.29. The summed E-state index contributed by atoms with van der Waals surface area (Å²) in [5.41, 5.74) is 3.53. The van der Waals surface area contributed by atoms with Crippen LogP contribution in [0.5, 0.6) is 0 Å². The van der Waals surface area contributed by atoms with Gasteiger partial charge in [-0.05, 0) is 55.1 Å². The topological polar surface area (TPSA) is 84.1 Å². The summed E-state index contributed by atoms with van der Waals surface area (Å²) in [5.74, 6) is 0.0408. The SMILES string of the molecule is CN1CCN(c2nc(-c3cncc(-c4cc(-c5cc(Cl)ccc5F)nc5ncccc45)c3)no2)CC1. The maximum Gasteiger partial charge on any atom is 0.324 e. The molecule has 8 nitrogen and oxygen atoms in total. The summed E-state index contributed by atoms with van der Waals surface area (Å²) in [6.45, 7) is 3.53. The zero-order valence-corrected chi connectivity index (χ0v) is 20.2. The number of aromatic nitrogens is 5. The van der Waals surface area contributed by atoms with Crippen molar-refractivity contribution in [1.82, 2.24) is 30.0 Å². The van der Waals surface area contributed by atoms with Gasteiger partial charge in [0, 0.05) is 71.9 Å². The first kappa shape index (κ1) is 22.5. The highest BCUT2D eigenvalue weighted by Gasteiger charge is 2.21. The summed E-state index contributed by atoms with van der Waals surface area (Å²) >= 11 is 6.15. The Morgan fingerprint density at radius 2 is 1.78 bits per heavy atom. The van der Waals surface area contributed by atoms with Gasteiger partial charge in [-0.15, -0.1) is 0 Å². The normalized spacial score (nSPS) is 14.5. The first-order chi connectivity index (χ1) is 17.5. The lowest BCUT2D eigenvalue weighted by Crippen LogP contribution is -2.44. The van der Waals surface area contributed by atoms with E-state index in [4.69, 9.17) is 16.1 Å². The molecule has 10 heteroatoms. The Morgan fingerprint density at radius 3 is 2.64 bits per heavy atom. The Kier molecular flexibility index (Phi) is 5.79. The van der Waals surface area contributed by atoms with Crippen LogP contribution in [0.15, 0.2) is 65.6 Å². The van der Waals surface area contributed by atoms with Crippen molar-refractivity contribution in [3.63, 3.8) is 0 Å². The second kappa shape index (κ2) is 9.25. The molecule has 0 aliphatic carbocycles. The standard InChI is InChI=1S/C26H21ClFN7O/c1-34-7-9-35(10-8-34)26-32-24(33-36-26)17-11-16(14-29-15-17)20-13-23(21-12-18(27)4-5-22(21)28)31-25-19(20)3-2-6-30-25/h2-6,11-15H,7-10H2,1H3. The molecule has 0 N–H and O–H groups in total. The van der Waals surface area contributed by atoms with Gasteiger partial charge in [0.15, 0.2) is 5.65 Å². The summed E-state index contributed by atoms with van der Waals surface area (Å²) in [5, 5.41) is 5.43. The van der Waals surface area contributed by atoms with Crippen LogP contribution >= 0.6 is 11.6 Å². The number of fused-ring (bicyclic) bond motifs is 1. The number of halogens is 2. The van der Waals surface area contributed by atoms with Crippen LogP contribution in [0.1, 0.15) is 0 Å². The molecule has 1 aromatic carbocycles. The lowest BCUT2D eigenvalue weighted by molar-refractivity contribution is 0.298. The minimum Gasteiger partial charge on any atom is -0.322 e. The second-order valence-electron chi connectivity index (χ2n) is 8.71. The van der Waals surface area contributed by atoms with Crippen molar-refractivity contribution >= 4 is 28.6 Å². The predicted molar refractivity (Wildman–Crippen MR) is 136 cm³/mol. The largest absolute Gasteiger partial charge is 0.324 e. The molecular formula is C26H21ClFN7O. The smallest absolute Gasteiger partial charge is 0.322 e. The Labute approximate surface area is 211 Å². The van der Waals surface area contributed by atoms with E-state index in [9.17, 15) is 4.39 Å². The number of rotatable bonds is 4. The second-order valence-corrected chi connectivity index (χ2v) is 9.14. The molecule has 0 spiro atoms. The molecule has 0 amide bonds. The molecule has 4 aromatic heterocycles. The van der Waals surface area contributed by atoms with Crippen molar-refractivity contribution in [2.75, 3.05) is 38.1 Å². The molecule has 1 aliphatic rings. The molecular weight excluding hydrogens is 481 g/mol. The van der Waals surface area contributed by atoms with E-state index in [1.54, 1.807) is 24.7 Å². The number of likely N-dealkylation sites (N-methyl/N-ethyl adjacent to an activating group) is 1. The van der Waals surface area contributed by atoms with Gasteiger partial charge >= 0.3 is 6.01 Å². The number of hydrogen-bond donors (Lipinski definition) is 0. The minimum absolute atomic E-state index is 0.301. The van der Waals surface area contributed by atoms with Gasteiger partial charge in [-0.25, -0.2) is 14.4 Å². The summed E-state index contributed by atoms with van der Waals surface area (Å²) in [4.78, 5) is 22.4. The quantitative estimate of drug-likeness (QED) is 0.342. The van der Waals surface area contributed by atoms with Crippen molar-refractivity contribution < 1.29 is 8.91 Å². The van der Waals surface area contributed by atoms with Gasteiger partial charge in [0.05, 0.1) is 5.69 Å². The van der Waals surface area contributed by atoms with E-state index >= 15 is 0 Å². The van der Waals surface area contributed by atoms with Crippen LogP contribution in [0.3, 0.4) is 0 Å². The molecule has 1 aliphatic heterocycles. The van der Waals surface area contributed by atoms with E-state index in [0.717, 1.165) is 42.7 Å². The Hall–Kier alpha value is -3.95. The van der Waals surface area contributed by atoms with Gasteiger partial charge in [-0.3, -0.25) is 4.98 Å². The van der Waals surface area contributed by atoms with E-state index in [1.807, 2.05) is 24.3 Å².